The number of aromatic nitrogens is 3. The summed E-state index contributed by atoms with van der Waals surface area (Å²) in [7, 11) is 0. The lowest BCUT2D eigenvalue weighted by atomic mass is 10.1. The third-order valence-electron chi connectivity index (χ3n) is 5.97. The number of hydrogen-bond donors (Lipinski definition) is 1. The van der Waals surface area contributed by atoms with Gasteiger partial charge in [-0.05, 0) is 43.2 Å². The summed E-state index contributed by atoms with van der Waals surface area (Å²) in [5, 5.41) is 2.94. The van der Waals surface area contributed by atoms with Crippen molar-refractivity contribution >= 4 is 22.8 Å². The highest BCUT2D eigenvalue weighted by atomic mass is 16.2. The van der Waals surface area contributed by atoms with Gasteiger partial charge in [-0.15, -0.1) is 0 Å². The van der Waals surface area contributed by atoms with Crippen LogP contribution in [0, 0.1) is 0 Å². The van der Waals surface area contributed by atoms with E-state index in [2.05, 4.69) is 15.3 Å². The van der Waals surface area contributed by atoms with E-state index >= 15 is 0 Å². The molecule has 33 heavy (non-hydrogen) atoms. The minimum absolute atomic E-state index is 0.111. The quantitative estimate of drug-likeness (QED) is 0.444. The molecule has 1 saturated heterocycles. The number of carbonyl (C=O) groups is 2. The molecule has 2 aromatic carbocycles. The first-order valence-electron chi connectivity index (χ1n) is 11.2. The molecule has 0 saturated carbocycles. The summed E-state index contributed by atoms with van der Waals surface area (Å²) >= 11 is 0. The first-order chi connectivity index (χ1) is 16.2. The molecule has 1 aliphatic rings. The molecule has 1 fully saturated rings. The Balaban J connectivity index is 1.26. The van der Waals surface area contributed by atoms with Gasteiger partial charge in [-0.3, -0.25) is 19.1 Å². The Morgan fingerprint density at radius 2 is 1.85 bits per heavy atom. The molecule has 1 aliphatic heterocycles. The fourth-order valence-electron chi connectivity index (χ4n) is 4.17. The van der Waals surface area contributed by atoms with Crippen molar-refractivity contribution in [3.63, 3.8) is 0 Å². The minimum Gasteiger partial charge on any atom is -0.352 e. The van der Waals surface area contributed by atoms with E-state index in [4.69, 9.17) is 0 Å². The lowest BCUT2D eigenvalue weighted by Gasteiger charge is -2.15. The van der Waals surface area contributed by atoms with Crippen LogP contribution in [0.4, 0.5) is 0 Å². The number of amides is 2. The standard InChI is InChI=1S/C26H25N5O2/c32-25-8-4-14-30(25)15-5-13-27-26(33)20-9-11-21(12-10-20)31-18-29-23-17-28-22(16-24(23)31)19-6-2-1-3-7-19/h1-3,6-7,9-12,16-18H,4-5,8,13-15H2,(H,27,33). The van der Waals surface area contributed by atoms with Crippen molar-refractivity contribution < 1.29 is 9.59 Å². The molecule has 7 nitrogen and oxygen atoms in total. The van der Waals surface area contributed by atoms with Crippen molar-refractivity contribution in [3.8, 4) is 16.9 Å². The van der Waals surface area contributed by atoms with Crippen LogP contribution in [0.2, 0.25) is 0 Å². The summed E-state index contributed by atoms with van der Waals surface area (Å²) in [4.78, 5) is 35.0. The number of likely N-dealkylation sites (tertiary alicyclic amines) is 1. The zero-order valence-electron chi connectivity index (χ0n) is 18.3. The van der Waals surface area contributed by atoms with Crippen LogP contribution in [0.5, 0.6) is 0 Å². The fraction of sp³-hybridized carbons (Fsp3) is 0.231. The van der Waals surface area contributed by atoms with Gasteiger partial charge in [0.25, 0.3) is 5.91 Å². The second kappa shape index (κ2) is 9.24. The summed E-state index contributed by atoms with van der Waals surface area (Å²) in [5.41, 5.74) is 5.23. The van der Waals surface area contributed by atoms with E-state index in [1.54, 1.807) is 12.5 Å². The monoisotopic (exact) mass is 439 g/mol. The predicted molar refractivity (Wildman–Crippen MR) is 127 cm³/mol. The largest absolute Gasteiger partial charge is 0.352 e. The van der Waals surface area contributed by atoms with E-state index in [1.807, 2.05) is 70.1 Å². The molecular weight excluding hydrogens is 414 g/mol. The van der Waals surface area contributed by atoms with Gasteiger partial charge in [0.1, 0.15) is 11.8 Å². The molecule has 2 amide bonds. The summed E-state index contributed by atoms with van der Waals surface area (Å²) in [6, 6.07) is 19.5. The molecule has 0 unspecified atom stereocenters. The Labute approximate surface area is 192 Å². The van der Waals surface area contributed by atoms with Gasteiger partial charge in [-0.25, -0.2) is 4.98 Å². The molecule has 2 aromatic heterocycles. The molecule has 166 valence electrons. The Morgan fingerprint density at radius 1 is 1.03 bits per heavy atom. The third-order valence-corrected chi connectivity index (χ3v) is 5.97. The zero-order chi connectivity index (χ0) is 22.6. The third kappa shape index (κ3) is 4.48. The van der Waals surface area contributed by atoms with E-state index < -0.39 is 0 Å². The summed E-state index contributed by atoms with van der Waals surface area (Å²) < 4.78 is 2.00. The second-order valence-corrected chi connectivity index (χ2v) is 8.18. The smallest absolute Gasteiger partial charge is 0.251 e. The van der Waals surface area contributed by atoms with Crippen LogP contribution < -0.4 is 5.32 Å². The first kappa shape index (κ1) is 20.9. The van der Waals surface area contributed by atoms with Crippen molar-refractivity contribution in [2.24, 2.45) is 0 Å². The summed E-state index contributed by atoms with van der Waals surface area (Å²) in [6.07, 6.45) is 5.90. The lowest BCUT2D eigenvalue weighted by Crippen LogP contribution is -2.30. The average molecular weight is 440 g/mol. The summed E-state index contributed by atoms with van der Waals surface area (Å²) in [6.45, 7) is 2.08. The van der Waals surface area contributed by atoms with Gasteiger partial charge >= 0.3 is 0 Å². The van der Waals surface area contributed by atoms with Crippen LogP contribution in [0.25, 0.3) is 28.0 Å². The van der Waals surface area contributed by atoms with Crippen LogP contribution in [0.3, 0.4) is 0 Å². The fourth-order valence-corrected chi connectivity index (χ4v) is 4.17. The maximum Gasteiger partial charge on any atom is 0.251 e. The van der Waals surface area contributed by atoms with Crippen molar-refractivity contribution in [3.05, 3.63) is 78.8 Å². The molecular formula is C26H25N5O2. The SMILES string of the molecule is O=C(NCCCN1CCCC1=O)c1ccc(-n2cnc3cnc(-c4ccccc4)cc32)cc1. The molecule has 4 aromatic rings. The van der Waals surface area contributed by atoms with Gasteiger partial charge in [-0.1, -0.05) is 30.3 Å². The number of carbonyl (C=O) groups excluding carboxylic acids is 2. The van der Waals surface area contributed by atoms with Gasteiger partial charge in [0.05, 0.1) is 17.4 Å². The molecule has 5 rings (SSSR count). The molecule has 3 heterocycles. The molecule has 0 spiro atoms. The van der Waals surface area contributed by atoms with Crippen LogP contribution in [-0.4, -0.2) is 50.9 Å². The maximum absolute atomic E-state index is 12.5. The summed E-state index contributed by atoms with van der Waals surface area (Å²) in [5.74, 6) is 0.107. The number of nitrogens with one attached hydrogen (secondary N) is 1. The Hall–Kier alpha value is -4.00. The number of benzene rings is 2. The first-order valence-corrected chi connectivity index (χ1v) is 11.2. The van der Waals surface area contributed by atoms with Gasteiger partial charge in [-0.2, -0.15) is 0 Å². The molecule has 0 bridgehead atoms. The van der Waals surface area contributed by atoms with E-state index in [0.717, 1.165) is 47.4 Å². The highest BCUT2D eigenvalue weighted by Gasteiger charge is 2.19. The predicted octanol–water partition coefficient (Wildman–Crippen LogP) is 3.83. The van der Waals surface area contributed by atoms with E-state index in [0.29, 0.717) is 25.1 Å². The van der Waals surface area contributed by atoms with Crippen LogP contribution >= 0.6 is 0 Å². The number of pyridine rings is 1. The van der Waals surface area contributed by atoms with Crippen LogP contribution in [-0.2, 0) is 4.79 Å². The normalized spacial score (nSPS) is 13.6. The lowest BCUT2D eigenvalue weighted by molar-refractivity contribution is -0.127. The van der Waals surface area contributed by atoms with Gasteiger partial charge < -0.3 is 10.2 Å². The highest BCUT2D eigenvalue weighted by molar-refractivity contribution is 5.94. The number of nitrogens with zero attached hydrogens (tertiary/aromatic N) is 4. The van der Waals surface area contributed by atoms with Crippen molar-refractivity contribution in [1.82, 2.24) is 24.8 Å². The zero-order valence-corrected chi connectivity index (χ0v) is 18.3. The topological polar surface area (TPSA) is 80.1 Å². The van der Waals surface area contributed by atoms with Gasteiger partial charge in [0, 0.05) is 42.9 Å². The van der Waals surface area contributed by atoms with Crippen LogP contribution in [0.1, 0.15) is 29.6 Å². The Kier molecular flexibility index (Phi) is 5.85. The average Bonchev–Trinajstić information content (AvgIpc) is 3.47. The molecule has 0 atom stereocenters. The highest BCUT2D eigenvalue weighted by Crippen LogP contribution is 2.23. The van der Waals surface area contributed by atoms with E-state index in [1.165, 1.54) is 0 Å². The van der Waals surface area contributed by atoms with Crippen molar-refractivity contribution in [1.29, 1.82) is 0 Å². The van der Waals surface area contributed by atoms with Crippen LogP contribution in [0.15, 0.2) is 73.2 Å². The van der Waals surface area contributed by atoms with Crippen molar-refractivity contribution in [2.75, 3.05) is 19.6 Å². The van der Waals surface area contributed by atoms with E-state index in [9.17, 15) is 9.59 Å². The molecule has 1 N–H and O–H groups in total. The maximum atomic E-state index is 12.5. The molecule has 0 radical (unpaired) electrons. The Morgan fingerprint density at radius 3 is 2.61 bits per heavy atom. The number of imidazole rings is 1. The van der Waals surface area contributed by atoms with Gasteiger partial charge in [0.2, 0.25) is 5.91 Å². The number of rotatable bonds is 7. The Bertz CT molecular complexity index is 1280. The van der Waals surface area contributed by atoms with Crippen molar-refractivity contribution in [2.45, 2.75) is 19.3 Å². The molecule has 7 heteroatoms. The van der Waals surface area contributed by atoms with Gasteiger partial charge in [0.15, 0.2) is 0 Å². The van der Waals surface area contributed by atoms with E-state index in [-0.39, 0.29) is 11.8 Å². The second-order valence-electron chi connectivity index (χ2n) is 8.18. The number of fused-ring (bicyclic) bond motifs is 1. The number of hydrogen-bond acceptors (Lipinski definition) is 4. The molecule has 0 aliphatic carbocycles. The minimum atomic E-state index is -0.111.